The Hall–Kier alpha value is -1.58. The van der Waals surface area contributed by atoms with E-state index < -0.39 is 6.10 Å². The molecule has 4 nitrogen and oxygen atoms in total. The molecule has 1 aromatic heterocycles. The lowest BCUT2D eigenvalue weighted by molar-refractivity contribution is -0.125. The molecule has 0 radical (unpaired) electrons. The van der Waals surface area contributed by atoms with E-state index in [0.29, 0.717) is 5.75 Å². The third-order valence-corrected chi connectivity index (χ3v) is 2.10. The molecule has 1 aromatic rings. The monoisotopic (exact) mass is 178 g/mol. The Morgan fingerprint density at radius 1 is 1.62 bits per heavy atom. The molecule has 2 rings (SSSR count). The van der Waals surface area contributed by atoms with Gasteiger partial charge in [-0.15, -0.1) is 0 Å². The summed E-state index contributed by atoms with van der Waals surface area (Å²) in [6, 6.07) is 1.76. The van der Waals surface area contributed by atoms with Crippen LogP contribution in [0.15, 0.2) is 18.5 Å². The SMILES string of the molecule is CC1Oc2ccncc2N(C)C1=O. The molecule has 0 saturated heterocycles. The maximum Gasteiger partial charge on any atom is 0.267 e. The van der Waals surface area contributed by atoms with Crippen LogP contribution < -0.4 is 9.64 Å². The van der Waals surface area contributed by atoms with Crippen molar-refractivity contribution >= 4 is 11.6 Å². The lowest BCUT2D eigenvalue weighted by atomic mass is 10.2. The van der Waals surface area contributed by atoms with Crippen molar-refractivity contribution in [3.05, 3.63) is 18.5 Å². The predicted octanol–water partition coefficient (Wildman–Crippen LogP) is 0.825. The van der Waals surface area contributed by atoms with E-state index in [0.717, 1.165) is 5.69 Å². The number of carbonyl (C=O) groups is 1. The summed E-state index contributed by atoms with van der Waals surface area (Å²) in [5.74, 6) is 0.671. The van der Waals surface area contributed by atoms with Gasteiger partial charge < -0.3 is 9.64 Å². The highest BCUT2D eigenvalue weighted by atomic mass is 16.5. The summed E-state index contributed by atoms with van der Waals surface area (Å²) in [5, 5.41) is 0. The van der Waals surface area contributed by atoms with E-state index in [2.05, 4.69) is 4.98 Å². The summed E-state index contributed by atoms with van der Waals surface area (Å²) >= 11 is 0. The average Bonchev–Trinajstić information content (AvgIpc) is 2.15. The predicted molar refractivity (Wildman–Crippen MR) is 47.7 cm³/mol. The van der Waals surface area contributed by atoms with Crippen LogP contribution in [0.3, 0.4) is 0 Å². The first kappa shape index (κ1) is 8.04. The van der Waals surface area contributed by atoms with Crippen LogP contribution in [0.4, 0.5) is 5.69 Å². The smallest absolute Gasteiger partial charge is 0.267 e. The molecule has 0 aromatic carbocycles. The number of aromatic nitrogens is 1. The number of anilines is 1. The van der Waals surface area contributed by atoms with Crippen LogP contribution in [0.25, 0.3) is 0 Å². The second kappa shape index (κ2) is 2.73. The van der Waals surface area contributed by atoms with E-state index in [1.807, 2.05) is 0 Å². The Labute approximate surface area is 76.1 Å². The van der Waals surface area contributed by atoms with Crippen LogP contribution in [0, 0.1) is 0 Å². The fraction of sp³-hybridized carbons (Fsp3) is 0.333. The van der Waals surface area contributed by atoms with Gasteiger partial charge in [-0.25, -0.2) is 0 Å². The molecule has 0 N–H and O–H groups in total. The number of nitrogens with zero attached hydrogens (tertiary/aromatic N) is 2. The summed E-state index contributed by atoms with van der Waals surface area (Å²) in [7, 11) is 1.72. The largest absolute Gasteiger partial charge is 0.479 e. The van der Waals surface area contributed by atoms with Crippen molar-refractivity contribution in [3.63, 3.8) is 0 Å². The van der Waals surface area contributed by atoms with E-state index in [1.54, 1.807) is 37.3 Å². The molecule has 1 aliphatic rings. The van der Waals surface area contributed by atoms with Gasteiger partial charge in [0.1, 0.15) is 11.4 Å². The Bertz CT molecular complexity index is 351. The Morgan fingerprint density at radius 3 is 3.15 bits per heavy atom. The van der Waals surface area contributed by atoms with Crippen molar-refractivity contribution in [2.75, 3.05) is 11.9 Å². The Balaban J connectivity index is 2.49. The Morgan fingerprint density at radius 2 is 2.38 bits per heavy atom. The van der Waals surface area contributed by atoms with Gasteiger partial charge in [0.25, 0.3) is 5.91 Å². The molecule has 0 saturated carbocycles. The van der Waals surface area contributed by atoms with Crippen LogP contribution in [0.2, 0.25) is 0 Å². The van der Waals surface area contributed by atoms with Gasteiger partial charge in [-0.3, -0.25) is 9.78 Å². The molecular weight excluding hydrogens is 168 g/mol. The quantitative estimate of drug-likeness (QED) is 0.590. The molecule has 4 heteroatoms. The standard InChI is InChI=1S/C9H10N2O2/c1-6-9(12)11(2)7-5-10-4-3-8(7)13-6/h3-6H,1-2H3. The number of likely N-dealkylation sites (N-methyl/N-ethyl adjacent to an activating group) is 1. The van der Waals surface area contributed by atoms with E-state index >= 15 is 0 Å². The number of hydrogen-bond donors (Lipinski definition) is 0. The summed E-state index contributed by atoms with van der Waals surface area (Å²) in [6.45, 7) is 1.74. The average molecular weight is 178 g/mol. The first-order valence-corrected chi connectivity index (χ1v) is 4.08. The van der Waals surface area contributed by atoms with Gasteiger partial charge in [-0.1, -0.05) is 0 Å². The van der Waals surface area contributed by atoms with Crippen molar-refractivity contribution < 1.29 is 9.53 Å². The molecule has 1 unspecified atom stereocenters. The van der Waals surface area contributed by atoms with Crippen LogP contribution in [0.1, 0.15) is 6.92 Å². The third-order valence-electron chi connectivity index (χ3n) is 2.10. The van der Waals surface area contributed by atoms with Gasteiger partial charge in [-0.2, -0.15) is 0 Å². The molecule has 13 heavy (non-hydrogen) atoms. The zero-order chi connectivity index (χ0) is 9.42. The third kappa shape index (κ3) is 1.14. The van der Waals surface area contributed by atoms with Crippen molar-refractivity contribution in [1.82, 2.24) is 4.98 Å². The zero-order valence-electron chi connectivity index (χ0n) is 7.52. The number of ether oxygens (including phenoxy) is 1. The van der Waals surface area contributed by atoms with Crippen LogP contribution >= 0.6 is 0 Å². The molecule has 1 atom stereocenters. The second-order valence-corrected chi connectivity index (χ2v) is 3.00. The van der Waals surface area contributed by atoms with Crippen molar-refractivity contribution in [2.24, 2.45) is 0 Å². The minimum Gasteiger partial charge on any atom is -0.479 e. The van der Waals surface area contributed by atoms with E-state index in [-0.39, 0.29) is 5.91 Å². The molecular formula is C9H10N2O2. The number of carbonyl (C=O) groups excluding carboxylic acids is 1. The molecule has 68 valence electrons. The molecule has 0 fully saturated rings. The van der Waals surface area contributed by atoms with Gasteiger partial charge in [-0.05, 0) is 6.92 Å². The minimum absolute atomic E-state index is 0.0412. The molecule has 0 bridgehead atoms. The number of amides is 1. The van der Waals surface area contributed by atoms with Gasteiger partial charge in [0.15, 0.2) is 6.10 Å². The summed E-state index contributed by atoms with van der Waals surface area (Å²) in [6.07, 6.45) is 2.87. The maximum atomic E-state index is 11.5. The van der Waals surface area contributed by atoms with Gasteiger partial charge in [0, 0.05) is 19.3 Å². The van der Waals surface area contributed by atoms with E-state index in [9.17, 15) is 4.79 Å². The lowest BCUT2D eigenvalue weighted by Gasteiger charge is -2.29. The number of pyridine rings is 1. The van der Waals surface area contributed by atoms with Gasteiger partial charge >= 0.3 is 0 Å². The fourth-order valence-corrected chi connectivity index (χ4v) is 1.36. The topological polar surface area (TPSA) is 42.4 Å². The van der Waals surface area contributed by atoms with Crippen LogP contribution in [-0.2, 0) is 4.79 Å². The highest BCUT2D eigenvalue weighted by molar-refractivity contribution is 5.99. The summed E-state index contributed by atoms with van der Waals surface area (Å²) in [5.41, 5.74) is 0.727. The molecule has 1 aliphatic heterocycles. The first-order valence-electron chi connectivity index (χ1n) is 4.08. The van der Waals surface area contributed by atoms with Crippen LogP contribution in [0.5, 0.6) is 5.75 Å². The Kier molecular flexibility index (Phi) is 1.69. The van der Waals surface area contributed by atoms with Crippen molar-refractivity contribution in [3.8, 4) is 5.75 Å². The number of hydrogen-bond acceptors (Lipinski definition) is 3. The number of fused-ring (bicyclic) bond motifs is 1. The lowest BCUT2D eigenvalue weighted by Crippen LogP contribution is -2.41. The molecule has 2 heterocycles. The fourth-order valence-electron chi connectivity index (χ4n) is 1.36. The molecule has 0 aliphatic carbocycles. The van der Waals surface area contributed by atoms with Crippen molar-refractivity contribution in [1.29, 1.82) is 0 Å². The van der Waals surface area contributed by atoms with E-state index in [4.69, 9.17) is 4.74 Å². The molecule has 1 amide bonds. The van der Waals surface area contributed by atoms with Crippen molar-refractivity contribution in [2.45, 2.75) is 13.0 Å². The normalized spacial score (nSPS) is 20.9. The second-order valence-electron chi connectivity index (χ2n) is 3.00. The first-order chi connectivity index (χ1) is 6.20. The summed E-state index contributed by atoms with van der Waals surface area (Å²) in [4.78, 5) is 17.0. The maximum absolute atomic E-state index is 11.5. The zero-order valence-corrected chi connectivity index (χ0v) is 7.52. The highest BCUT2D eigenvalue weighted by Crippen LogP contribution is 2.31. The van der Waals surface area contributed by atoms with Crippen LogP contribution in [-0.4, -0.2) is 24.0 Å². The summed E-state index contributed by atoms with van der Waals surface area (Å²) < 4.78 is 5.38. The van der Waals surface area contributed by atoms with E-state index in [1.165, 1.54) is 0 Å². The van der Waals surface area contributed by atoms with Gasteiger partial charge in [0.05, 0.1) is 6.20 Å². The number of rotatable bonds is 0. The minimum atomic E-state index is -0.403. The molecule has 0 spiro atoms. The van der Waals surface area contributed by atoms with Gasteiger partial charge in [0.2, 0.25) is 0 Å². The highest BCUT2D eigenvalue weighted by Gasteiger charge is 2.28.